The SMILES string of the molecule is O=C(CCc1cn[nH]c1)N1C[C@@H]2C[C@H](C1)c1ccc(CN3CCCCC3)c(=O)n1C2. The molecule has 2 fully saturated rings. The molecule has 0 unspecified atom stereocenters. The summed E-state index contributed by atoms with van der Waals surface area (Å²) < 4.78 is 2.02. The molecule has 1 amide bonds. The van der Waals surface area contributed by atoms with Crippen LogP contribution in [0.5, 0.6) is 0 Å². The Balaban J connectivity index is 1.28. The number of hydrogen-bond acceptors (Lipinski definition) is 4. The summed E-state index contributed by atoms with van der Waals surface area (Å²) >= 11 is 0. The third-order valence-corrected chi connectivity index (χ3v) is 7.06. The van der Waals surface area contributed by atoms with Gasteiger partial charge in [-0.25, -0.2) is 0 Å². The maximum atomic E-state index is 13.2. The van der Waals surface area contributed by atoms with Gasteiger partial charge in [-0.1, -0.05) is 12.5 Å². The van der Waals surface area contributed by atoms with E-state index in [1.54, 1.807) is 6.20 Å². The first-order chi connectivity index (χ1) is 14.7. The van der Waals surface area contributed by atoms with Crippen LogP contribution < -0.4 is 5.56 Å². The third kappa shape index (κ3) is 3.95. The van der Waals surface area contributed by atoms with Gasteiger partial charge in [-0.2, -0.15) is 5.10 Å². The maximum absolute atomic E-state index is 13.2. The van der Waals surface area contributed by atoms with E-state index >= 15 is 0 Å². The lowest BCUT2D eigenvalue weighted by molar-refractivity contribution is -0.133. The van der Waals surface area contributed by atoms with Crippen LogP contribution in [0, 0.1) is 5.92 Å². The van der Waals surface area contributed by atoms with Gasteiger partial charge in [-0.15, -0.1) is 0 Å². The largest absolute Gasteiger partial charge is 0.342 e. The van der Waals surface area contributed by atoms with Crippen LogP contribution in [0.3, 0.4) is 0 Å². The average molecular weight is 410 g/mol. The van der Waals surface area contributed by atoms with E-state index in [0.29, 0.717) is 12.3 Å². The number of aromatic nitrogens is 3. The number of piperidine rings is 2. The second-order valence-corrected chi connectivity index (χ2v) is 9.24. The molecule has 7 nitrogen and oxygen atoms in total. The molecular weight excluding hydrogens is 378 g/mol. The Morgan fingerprint density at radius 1 is 1.13 bits per heavy atom. The van der Waals surface area contributed by atoms with Gasteiger partial charge in [-0.05, 0) is 56.3 Å². The lowest BCUT2D eigenvalue weighted by Crippen LogP contribution is -2.49. The first-order valence-corrected chi connectivity index (χ1v) is 11.4. The molecule has 3 aliphatic rings. The monoisotopic (exact) mass is 409 g/mol. The number of aryl methyl sites for hydroxylation is 1. The summed E-state index contributed by atoms with van der Waals surface area (Å²) in [6.07, 6.45) is 9.72. The molecular formula is C23H31N5O2. The van der Waals surface area contributed by atoms with Crippen LogP contribution in [0.1, 0.15) is 54.8 Å². The highest BCUT2D eigenvalue weighted by molar-refractivity contribution is 5.76. The molecule has 0 aliphatic carbocycles. The molecule has 30 heavy (non-hydrogen) atoms. The molecule has 0 aromatic carbocycles. The smallest absolute Gasteiger partial charge is 0.255 e. The topological polar surface area (TPSA) is 74.2 Å². The van der Waals surface area contributed by atoms with Crippen molar-refractivity contribution in [3.05, 3.63) is 51.7 Å². The molecule has 3 aliphatic heterocycles. The summed E-state index contributed by atoms with van der Waals surface area (Å²) in [7, 11) is 0. The van der Waals surface area contributed by atoms with Gasteiger partial charge in [0.05, 0.1) is 6.20 Å². The van der Waals surface area contributed by atoms with Crippen molar-refractivity contribution in [3.8, 4) is 0 Å². The fourth-order valence-corrected chi connectivity index (χ4v) is 5.50. The van der Waals surface area contributed by atoms with Crippen molar-refractivity contribution in [1.82, 2.24) is 24.6 Å². The minimum absolute atomic E-state index is 0.188. The van der Waals surface area contributed by atoms with Gasteiger partial charge in [0, 0.05) is 56.0 Å². The van der Waals surface area contributed by atoms with Gasteiger partial charge in [0.2, 0.25) is 5.91 Å². The highest BCUT2D eigenvalue weighted by Gasteiger charge is 2.36. The summed E-state index contributed by atoms with van der Waals surface area (Å²) in [4.78, 5) is 30.5. The Morgan fingerprint density at radius 3 is 2.80 bits per heavy atom. The molecule has 2 aromatic rings. The molecule has 2 atom stereocenters. The van der Waals surface area contributed by atoms with Crippen LogP contribution >= 0.6 is 0 Å². The van der Waals surface area contributed by atoms with Gasteiger partial charge in [0.15, 0.2) is 0 Å². The van der Waals surface area contributed by atoms with Gasteiger partial charge in [-0.3, -0.25) is 19.6 Å². The maximum Gasteiger partial charge on any atom is 0.255 e. The van der Waals surface area contributed by atoms with Crippen LogP contribution in [0.25, 0.3) is 0 Å². The van der Waals surface area contributed by atoms with Crippen LogP contribution in [-0.2, 0) is 24.3 Å². The number of likely N-dealkylation sites (tertiary alicyclic amines) is 2. The Kier molecular flexibility index (Phi) is 5.46. The third-order valence-electron chi connectivity index (χ3n) is 7.06. The molecule has 2 aromatic heterocycles. The minimum atomic E-state index is 0.188. The van der Waals surface area contributed by atoms with E-state index in [0.717, 1.165) is 68.9 Å². The number of carbonyl (C=O) groups excluding carboxylic acids is 1. The number of amides is 1. The average Bonchev–Trinajstić information content (AvgIpc) is 3.29. The summed E-state index contributed by atoms with van der Waals surface area (Å²) in [6, 6.07) is 4.20. The number of carbonyl (C=O) groups is 1. The Morgan fingerprint density at radius 2 is 2.00 bits per heavy atom. The molecule has 0 saturated carbocycles. The van der Waals surface area contributed by atoms with E-state index in [9.17, 15) is 9.59 Å². The molecule has 0 spiro atoms. The number of H-pyrrole nitrogens is 1. The fourth-order valence-electron chi connectivity index (χ4n) is 5.50. The minimum Gasteiger partial charge on any atom is -0.342 e. The van der Waals surface area contributed by atoms with Crippen LogP contribution in [-0.4, -0.2) is 56.7 Å². The second-order valence-electron chi connectivity index (χ2n) is 9.24. The highest BCUT2D eigenvalue weighted by atomic mass is 16.2. The number of nitrogens with zero attached hydrogens (tertiary/aromatic N) is 4. The highest BCUT2D eigenvalue weighted by Crippen LogP contribution is 2.35. The molecule has 7 heteroatoms. The van der Waals surface area contributed by atoms with E-state index in [1.165, 1.54) is 19.3 Å². The van der Waals surface area contributed by atoms with Gasteiger partial charge < -0.3 is 9.47 Å². The molecule has 5 rings (SSSR count). The zero-order chi connectivity index (χ0) is 20.5. The molecule has 2 saturated heterocycles. The molecule has 0 radical (unpaired) electrons. The first-order valence-electron chi connectivity index (χ1n) is 11.4. The summed E-state index contributed by atoms with van der Waals surface area (Å²) in [5.74, 6) is 0.854. The van der Waals surface area contributed by atoms with Crippen molar-refractivity contribution in [2.75, 3.05) is 26.2 Å². The predicted molar refractivity (Wildman–Crippen MR) is 114 cm³/mol. The van der Waals surface area contributed by atoms with Crippen LogP contribution in [0.4, 0.5) is 0 Å². The summed E-state index contributed by atoms with van der Waals surface area (Å²) in [5, 5.41) is 6.75. The zero-order valence-electron chi connectivity index (χ0n) is 17.6. The van der Waals surface area contributed by atoms with Gasteiger partial charge >= 0.3 is 0 Å². The van der Waals surface area contributed by atoms with Crippen molar-refractivity contribution in [3.63, 3.8) is 0 Å². The standard InChI is InChI=1S/C23H31N5O2/c29-22(7-4-17-11-24-25-12-17)27-13-18-10-20(16-27)21-6-5-19(23(30)28(21)14-18)15-26-8-2-1-3-9-26/h5-6,11-12,18,20H,1-4,7-10,13-16H2,(H,24,25)/t18-,20+/m0/s1. The molecule has 160 valence electrons. The van der Waals surface area contributed by atoms with E-state index in [2.05, 4.69) is 21.2 Å². The quantitative estimate of drug-likeness (QED) is 0.821. The molecule has 1 N–H and O–H groups in total. The summed E-state index contributed by atoms with van der Waals surface area (Å²) in [6.45, 7) is 5.20. The number of fused-ring (bicyclic) bond motifs is 4. The number of aromatic amines is 1. The number of hydrogen-bond donors (Lipinski definition) is 1. The fraction of sp³-hybridized carbons (Fsp3) is 0.609. The lowest BCUT2D eigenvalue weighted by atomic mass is 9.82. The van der Waals surface area contributed by atoms with Crippen molar-refractivity contribution in [2.24, 2.45) is 5.92 Å². The molecule has 2 bridgehead atoms. The van der Waals surface area contributed by atoms with E-state index in [4.69, 9.17) is 0 Å². The Bertz CT molecular complexity index is 945. The lowest BCUT2D eigenvalue weighted by Gasteiger charge is -2.43. The first kappa shape index (κ1) is 19.5. The number of pyridine rings is 1. The van der Waals surface area contributed by atoms with Crippen molar-refractivity contribution in [2.45, 2.75) is 57.5 Å². The van der Waals surface area contributed by atoms with E-state index < -0.39 is 0 Å². The molecule has 5 heterocycles. The Labute approximate surface area is 177 Å². The van der Waals surface area contributed by atoms with Crippen LogP contribution in [0.15, 0.2) is 29.3 Å². The van der Waals surface area contributed by atoms with Crippen molar-refractivity contribution >= 4 is 5.91 Å². The Hall–Kier alpha value is -2.41. The van der Waals surface area contributed by atoms with Gasteiger partial charge in [0.1, 0.15) is 0 Å². The van der Waals surface area contributed by atoms with Crippen LogP contribution in [0.2, 0.25) is 0 Å². The van der Waals surface area contributed by atoms with E-state index in [1.807, 2.05) is 21.7 Å². The predicted octanol–water partition coefficient (Wildman–Crippen LogP) is 2.14. The zero-order valence-corrected chi connectivity index (χ0v) is 17.6. The van der Waals surface area contributed by atoms with Gasteiger partial charge in [0.25, 0.3) is 5.56 Å². The number of rotatable bonds is 5. The second kappa shape index (κ2) is 8.38. The summed E-state index contributed by atoms with van der Waals surface area (Å²) in [5.41, 5.74) is 3.30. The van der Waals surface area contributed by atoms with Crippen molar-refractivity contribution < 1.29 is 4.79 Å². The normalized spacial score (nSPS) is 23.9. The number of nitrogens with one attached hydrogen (secondary N) is 1. The van der Waals surface area contributed by atoms with Crippen molar-refractivity contribution in [1.29, 1.82) is 0 Å². The van der Waals surface area contributed by atoms with E-state index in [-0.39, 0.29) is 17.4 Å².